The predicted octanol–water partition coefficient (Wildman–Crippen LogP) is 2.70. The number of anilines is 1. The molecular weight excluding hydrogens is 456 g/mol. The van der Waals surface area contributed by atoms with Gasteiger partial charge in [-0.25, -0.2) is 23.3 Å². The number of fused-ring (bicyclic) bond motifs is 1. The number of pyridine rings is 1. The molecule has 0 aliphatic rings. The maximum atomic E-state index is 13.8. The molecular formula is C21H19F2N5O4S. The van der Waals surface area contributed by atoms with Crippen molar-refractivity contribution < 1.29 is 28.5 Å². The van der Waals surface area contributed by atoms with E-state index >= 15 is 0 Å². The van der Waals surface area contributed by atoms with Gasteiger partial charge < -0.3 is 20.3 Å². The minimum absolute atomic E-state index is 0.00369. The Bertz CT molecular complexity index is 1250. The van der Waals surface area contributed by atoms with Crippen LogP contribution in [0.2, 0.25) is 0 Å². The molecule has 3 aromatic heterocycles. The minimum atomic E-state index is -2.83. The summed E-state index contributed by atoms with van der Waals surface area (Å²) in [6.45, 7) is -0.743. The van der Waals surface area contributed by atoms with Gasteiger partial charge in [0.05, 0.1) is 13.0 Å². The van der Waals surface area contributed by atoms with Gasteiger partial charge in [0.2, 0.25) is 5.91 Å². The van der Waals surface area contributed by atoms with Crippen LogP contribution in [-0.4, -0.2) is 55.0 Å². The highest BCUT2D eigenvalue weighted by molar-refractivity contribution is 7.13. The van der Waals surface area contributed by atoms with Crippen molar-refractivity contribution in [2.24, 2.45) is 0 Å². The second-order valence-corrected chi connectivity index (χ2v) is 7.89. The van der Waals surface area contributed by atoms with Crippen molar-refractivity contribution in [1.82, 2.24) is 19.6 Å². The summed E-state index contributed by atoms with van der Waals surface area (Å²) in [5, 5.41) is 27.5. The second-order valence-electron chi connectivity index (χ2n) is 7.00. The first kappa shape index (κ1) is 22.7. The number of amides is 1. The topological polar surface area (TPSA) is 122 Å². The van der Waals surface area contributed by atoms with Crippen LogP contribution in [0.25, 0.3) is 17.0 Å². The standard InChI is InChI=1S/C21H19F2N5O4S/c22-18(23)16-9-14(32-11-13(30)10-29)3-4-15(16)19-26-20-12(2-1-6-28(20)27-19)8-17(31)25-21-24-5-7-33-21/h1-7,9,13,18,29-30H,8,10-11H2,(H,24,25,31)/t13-/m1/s1. The van der Waals surface area contributed by atoms with Crippen molar-refractivity contribution in [1.29, 1.82) is 0 Å². The van der Waals surface area contributed by atoms with E-state index in [1.165, 1.54) is 28.0 Å². The lowest BCUT2D eigenvalue weighted by atomic mass is 10.1. The van der Waals surface area contributed by atoms with E-state index in [0.29, 0.717) is 16.3 Å². The zero-order valence-electron chi connectivity index (χ0n) is 17.1. The van der Waals surface area contributed by atoms with Gasteiger partial charge in [-0.15, -0.1) is 16.4 Å². The molecule has 0 saturated heterocycles. The number of carbonyl (C=O) groups excluding carboxylic acids is 1. The normalized spacial score (nSPS) is 12.3. The second kappa shape index (κ2) is 9.98. The van der Waals surface area contributed by atoms with Gasteiger partial charge in [-0.3, -0.25) is 4.79 Å². The number of aliphatic hydroxyl groups excluding tert-OH is 2. The zero-order valence-corrected chi connectivity index (χ0v) is 17.9. The molecule has 3 heterocycles. The fourth-order valence-electron chi connectivity index (χ4n) is 3.10. The third-order valence-electron chi connectivity index (χ3n) is 4.63. The molecule has 33 heavy (non-hydrogen) atoms. The van der Waals surface area contributed by atoms with Crippen molar-refractivity contribution in [3.8, 4) is 17.1 Å². The largest absolute Gasteiger partial charge is 0.491 e. The van der Waals surface area contributed by atoms with E-state index in [1.807, 2.05) is 0 Å². The monoisotopic (exact) mass is 475 g/mol. The third kappa shape index (κ3) is 5.30. The van der Waals surface area contributed by atoms with E-state index in [9.17, 15) is 18.7 Å². The van der Waals surface area contributed by atoms with Crippen LogP contribution in [0.15, 0.2) is 48.1 Å². The average Bonchev–Trinajstić information content (AvgIpc) is 3.47. The van der Waals surface area contributed by atoms with Crippen LogP contribution in [0.5, 0.6) is 5.75 Å². The van der Waals surface area contributed by atoms with Crippen LogP contribution in [0.1, 0.15) is 17.6 Å². The average molecular weight is 475 g/mol. The summed E-state index contributed by atoms with van der Waals surface area (Å²) in [4.78, 5) is 20.8. The maximum Gasteiger partial charge on any atom is 0.264 e. The van der Waals surface area contributed by atoms with Crippen molar-refractivity contribution in [2.75, 3.05) is 18.5 Å². The van der Waals surface area contributed by atoms with Crippen molar-refractivity contribution in [2.45, 2.75) is 19.0 Å². The molecule has 0 bridgehead atoms. The number of alkyl halides is 2. The Morgan fingerprint density at radius 1 is 1.30 bits per heavy atom. The first-order valence-corrected chi connectivity index (χ1v) is 10.7. The SMILES string of the molecule is O=C(Cc1cccn2nc(-c3ccc(OC[C@H](O)CO)cc3C(F)F)nc12)Nc1nccs1. The van der Waals surface area contributed by atoms with E-state index in [-0.39, 0.29) is 41.6 Å². The Labute approximate surface area is 190 Å². The summed E-state index contributed by atoms with van der Waals surface area (Å²) in [7, 11) is 0. The summed E-state index contributed by atoms with van der Waals surface area (Å²) < 4.78 is 34.3. The molecule has 12 heteroatoms. The van der Waals surface area contributed by atoms with E-state index in [1.54, 1.807) is 29.9 Å². The van der Waals surface area contributed by atoms with Gasteiger partial charge in [-0.05, 0) is 24.3 Å². The number of rotatable bonds is 9. The highest BCUT2D eigenvalue weighted by Gasteiger charge is 2.20. The molecule has 4 aromatic rings. The quantitative estimate of drug-likeness (QED) is 0.340. The summed E-state index contributed by atoms with van der Waals surface area (Å²) >= 11 is 1.29. The van der Waals surface area contributed by atoms with E-state index < -0.39 is 19.1 Å². The molecule has 4 rings (SSSR count). The highest BCUT2D eigenvalue weighted by Crippen LogP contribution is 2.33. The van der Waals surface area contributed by atoms with E-state index in [4.69, 9.17) is 9.84 Å². The summed E-state index contributed by atoms with van der Waals surface area (Å²) in [5.74, 6) is -0.104. The fourth-order valence-corrected chi connectivity index (χ4v) is 3.64. The number of carbonyl (C=O) groups is 1. The van der Waals surface area contributed by atoms with E-state index in [2.05, 4.69) is 20.4 Å². The maximum absolute atomic E-state index is 13.8. The lowest BCUT2D eigenvalue weighted by Crippen LogP contribution is -2.21. The number of nitrogens with zero attached hydrogens (tertiary/aromatic N) is 4. The number of ether oxygens (including phenoxy) is 1. The molecule has 0 spiro atoms. The first-order chi connectivity index (χ1) is 15.9. The molecule has 1 aromatic carbocycles. The Morgan fingerprint density at radius 2 is 2.15 bits per heavy atom. The van der Waals surface area contributed by atoms with Crippen LogP contribution in [0.4, 0.5) is 13.9 Å². The highest BCUT2D eigenvalue weighted by atomic mass is 32.1. The Balaban J connectivity index is 1.62. The van der Waals surface area contributed by atoms with Crippen molar-refractivity contribution in [3.63, 3.8) is 0 Å². The molecule has 0 radical (unpaired) electrons. The van der Waals surface area contributed by atoms with Crippen LogP contribution in [-0.2, 0) is 11.2 Å². The number of aromatic nitrogens is 4. The number of hydrogen-bond donors (Lipinski definition) is 3. The van der Waals surface area contributed by atoms with Gasteiger partial charge >= 0.3 is 0 Å². The number of halogens is 2. The molecule has 1 amide bonds. The van der Waals surface area contributed by atoms with Gasteiger partial charge in [0.1, 0.15) is 18.5 Å². The molecule has 3 N–H and O–H groups in total. The van der Waals surface area contributed by atoms with Crippen LogP contribution < -0.4 is 10.1 Å². The summed E-state index contributed by atoms with van der Waals surface area (Å²) in [6, 6.07) is 7.42. The Morgan fingerprint density at radius 3 is 2.88 bits per heavy atom. The minimum Gasteiger partial charge on any atom is -0.491 e. The van der Waals surface area contributed by atoms with Gasteiger partial charge in [-0.1, -0.05) is 6.07 Å². The molecule has 172 valence electrons. The number of nitrogens with one attached hydrogen (secondary N) is 1. The molecule has 0 unspecified atom stereocenters. The zero-order chi connectivity index (χ0) is 23.4. The van der Waals surface area contributed by atoms with E-state index in [0.717, 1.165) is 6.07 Å². The van der Waals surface area contributed by atoms with Gasteiger partial charge in [0.15, 0.2) is 16.6 Å². The molecule has 1 atom stereocenters. The Kier molecular flexibility index (Phi) is 6.87. The van der Waals surface area contributed by atoms with Crippen molar-refractivity contribution >= 4 is 28.0 Å². The van der Waals surface area contributed by atoms with Gasteiger partial charge in [0, 0.05) is 34.5 Å². The number of hydrogen-bond acceptors (Lipinski definition) is 8. The lowest BCUT2D eigenvalue weighted by molar-refractivity contribution is -0.115. The smallest absolute Gasteiger partial charge is 0.264 e. The number of thiazole rings is 1. The molecule has 0 fully saturated rings. The number of benzene rings is 1. The molecule has 0 saturated carbocycles. The van der Waals surface area contributed by atoms with Gasteiger partial charge in [0.25, 0.3) is 6.43 Å². The molecule has 0 aliphatic heterocycles. The van der Waals surface area contributed by atoms with Crippen LogP contribution in [0.3, 0.4) is 0 Å². The van der Waals surface area contributed by atoms with Gasteiger partial charge in [-0.2, -0.15) is 0 Å². The van der Waals surface area contributed by atoms with Crippen LogP contribution in [0, 0.1) is 0 Å². The summed E-state index contributed by atoms with van der Waals surface area (Å²) in [5.41, 5.74) is 0.710. The Hall–Kier alpha value is -3.48. The fraction of sp³-hybridized carbons (Fsp3) is 0.238. The summed E-state index contributed by atoms with van der Waals surface area (Å²) in [6.07, 6.45) is -0.752. The number of aliphatic hydroxyl groups is 2. The lowest BCUT2D eigenvalue weighted by Gasteiger charge is -2.12. The predicted molar refractivity (Wildman–Crippen MR) is 116 cm³/mol. The van der Waals surface area contributed by atoms with Crippen molar-refractivity contribution in [3.05, 3.63) is 59.2 Å². The third-order valence-corrected chi connectivity index (χ3v) is 5.31. The molecule has 9 nitrogen and oxygen atoms in total. The molecule has 0 aliphatic carbocycles. The van der Waals surface area contributed by atoms with Crippen LogP contribution >= 0.6 is 11.3 Å². The first-order valence-electron chi connectivity index (χ1n) is 9.82.